The highest BCUT2D eigenvalue weighted by atomic mass is 19.1. The van der Waals surface area contributed by atoms with Crippen LogP contribution in [0.2, 0.25) is 0 Å². The van der Waals surface area contributed by atoms with E-state index in [-0.39, 0.29) is 0 Å². The summed E-state index contributed by atoms with van der Waals surface area (Å²) in [6.45, 7) is 3.16. The molecular formula is C14H18FN3. The number of halogens is 1. The molecule has 18 heavy (non-hydrogen) atoms. The third-order valence-electron chi connectivity index (χ3n) is 2.76. The van der Waals surface area contributed by atoms with Crippen LogP contribution in [0.3, 0.4) is 0 Å². The van der Waals surface area contributed by atoms with Gasteiger partial charge in [-0.05, 0) is 25.5 Å². The van der Waals surface area contributed by atoms with Gasteiger partial charge in [-0.3, -0.25) is 4.68 Å². The molecule has 0 saturated heterocycles. The lowest BCUT2D eigenvalue weighted by Crippen LogP contribution is -2.15. The molecule has 2 N–H and O–H groups in total. The van der Waals surface area contributed by atoms with E-state index in [0.29, 0.717) is 12.2 Å². The Labute approximate surface area is 106 Å². The molecule has 0 unspecified atom stereocenters. The second-order valence-electron chi connectivity index (χ2n) is 5.17. The summed E-state index contributed by atoms with van der Waals surface area (Å²) in [5, 5.41) is 4.32. The second-order valence-corrected chi connectivity index (χ2v) is 5.17. The number of rotatable bonds is 3. The third-order valence-corrected chi connectivity index (χ3v) is 2.76. The molecule has 0 aliphatic rings. The maximum absolute atomic E-state index is 13.6. The quantitative estimate of drug-likeness (QED) is 0.906. The van der Waals surface area contributed by atoms with Crippen LogP contribution in [0, 0.1) is 0 Å². The van der Waals surface area contributed by atoms with Crippen LogP contribution in [-0.2, 0) is 13.5 Å². The number of nitrogens with zero attached hydrogens (tertiary/aromatic N) is 2. The van der Waals surface area contributed by atoms with Crippen molar-refractivity contribution in [3.8, 4) is 11.3 Å². The highest BCUT2D eigenvalue weighted by Gasteiger charge is 2.16. The molecule has 0 aliphatic carbocycles. The molecule has 1 heterocycles. The number of aromatic nitrogens is 2. The van der Waals surface area contributed by atoms with Gasteiger partial charge in [-0.15, -0.1) is 0 Å². The summed E-state index contributed by atoms with van der Waals surface area (Å²) in [6.07, 6.45) is 0.392. The number of nitrogen functional groups attached to an aromatic ring is 1. The predicted octanol–water partition coefficient (Wildman–Crippen LogP) is 2.96. The van der Waals surface area contributed by atoms with E-state index < -0.39 is 5.67 Å². The fourth-order valence-corrected chi connectivity index (χ4v) is 1.95. The predicted molar refractivity (Wildman–Crippen MR) is 71.9 cm³/mol. The van der Waals surface area contributed by atoms with Gasteiger partial charge in [0.25, 0.3) is 0 Å². The van der Waals surface area contributed by atoms with Crippen LogP contribution < -0.4 is 5.73 Å². The van der Waals surface area contributed by atoms with Gasteiger partial charge in [-0.1, -0.05) is 18.2 Å². The minimum Gasteiger partial charge on any atom is -0.384 e. The van der Waals surface area contributed by atoms with E-state index >= 15 is 0 Å². The van der Waals surface area contributed by atoms with Crippen LogP contribution in [0.25, 0.3) is 11.3 Å². The fraction of sp³-hybridized carbons (Fsp3) is 0.357. The Bertz CT molecular complexity index is 533. The second kappa shape index (κ2) is 4.44. The van der Waals surface area contributed by atoms with Crippen molar-refractivity contribution in [3.05, 3.63) is 35.9 Å². The number of hydrogen-bond acceptors (Lipinski definition) is 2. The van der Waals surface area contributed by atoms with Gasteiger partial charge in [-0.2, -0.15) is 5.10 Å². The molecule has 1 aromatic heterocycles. The Balaban J connectivity index is 2.32. The first-order valence-electron chi connectivity index (χ1n) is 5.93. The van der Waals surface area contributed by atoms with Crippen LogP contribution in [-0.4, -0.2) is 15.4 Å². The molecule has 0 atom stereocenters. The lowest BCUT2D eigenvalue weighted by atomic mass is 9.98. The van der Waals surface area contributed by atoms with Crippen molar-refractivity contribution >= 4 is 5.82 Å². The first-order chi connectivity index (χ1) is 8.35. The molecule has 0 bridgehead atoms. The number of anilines is 1. The van der Waals surface area contributed by atoms with E-state index in [1.54, 1.807) is 25.6 Å². The zero-order valence-electron chi connectivity index (χ0n) is 10.9. The van der Waals surface area contributed by atoms with E-state index in [9.17, 15) is 4.39 Å². The van der Waals surface area contributed by atoms with Crippen molar-refractivity contribution < 1.29 is 4.39 Å². The van der Waals surface area contributed by atoms with Crippen LogP contribution in [0.4, 0.5) is 10.2 Å². The van der Waals surface area contributed by atoms with Gasteiger partial charge >= 0.3 is 0 Å². The Morgan fingerprint density at radius 3 is 2.61 bits per heavy atom. The highest BCUT2D eigenvalue weighted by Crippen LogP contribution is 2.23. The summed E-state index contributed by atoms with van der Waals surface area (Å²) in [5.74, 6) is 0.612. The summed E-state index contributed by atoms with van der Waals surface area (Å²) in [4.78, 5) is 0. The number of hydrogen-bond donors (Lipinski definition) is 1. The van der Waals surface area contributed by atoms with Crippen molar-refractivity contribution in [2.24, 2.45) is 7.05 Å². The van der Waals surface area contributed by atoms with Gasteiger partial charge in [0, 0.05) is 25.1 Å². The molecule has 0 spiro atoms. The van der Waals surface area contributed by atoms with E-state index in [4.69, 9.17) is 5.73 Å². The standard InChI is InChI=1S/C14H18FN3/c1-14(2,15)9-10-5-4-6-11(7-10)12-8-13(16)18(3)17-12/h4-8H,9,16H2,1-3H3. The normalized spacial score (nSPS) is 11.8. The smallest absolute Gasteiger partial charge is 0.121 e. The molecule has 0 amide bonds. The first-order valence-corrected chi connectivity index (χ1v) is 5.93. The zero-order valence-corrected chi connectivity index (χ0v) is 10.9. The minimum atomic E-state index is -1.21. The Morgan fingerprint density at radius 1 is 1.33 bits per heavy atom. The van der Waals surface area contributed by atoms with E-state index in [1.165, 1.54) is 0 Å². The Kier molecular flexibility index (Phi) is 3.11. The molecule has 0 saturated carbocycles. The average Bonchev–Trinajstić information content (AvgIpc) is 2.57. The maximum atomic E-state index is 13.6. The van der Waals surface area contributed by atoms with Gasteiger partial charge in [-0.25, -0.2) is 4.39 Å². The Morgan fingerprint density at radius 2 is 2.06 bits per heavy atom. The fourth-order valence-electron chi connectivity index (χ4n) is 1.95. The van der Waals surface area contributed by atoms with Crippen LogP contribution in [0.5, 0.6) is 0 Å². The molecule has 0 fully saturated rings. The summed E-state index contributed by atoms with van der Waals surface area (Å²) in [6, 6.07) is 9.58. The number of alkyl halides is 1. The Hall–Kier alpha value is -1.84. The molecule has 1 aromatic carbocycles. The summed E-state index contributed by atoms with van der Waals surface area (Å²) in [5.41, 5.74) is 7.29. The largest absolute Gasteiger partial charge is 0.384 e. The van der Waals surface area contributed by atoms with E-state index in [1.807, 2.05) is 30.3 Å². The number of benzene rings is 1. The molecule has 0 radical (unpaired) electrons. The maximum Gasteiger partial charge on any atom is 0.121 e. The van der Waals surface area contributed by atoms with Gasteiger partial charge in [0.05, 0.1) is 5.69 Å². The van der Waals surface area contributed by atoms with Crippen LogP contribution in [0.1, 0.15) is 19.4 Å². The van der Waals surface area contributed by atoms with E-state index in [0.717, 1.165) is 16.8 Å². The van der Waals surface area contributed by atoms with Crippen molar-refractivity contribution in [3.63, 3.8) is 0 Å². The third kappa shape index (κ3) is 2.88. The lowest BCUT2D eigenvalue weighted by molar-refractivity contribution is 0.217. The molecule has 3 nitrogen and oxygen atoms in total. The molecule has 4 heteroatoms. The summed E-state index contributed by atoms with van der Waals surface area (Å²) >= 11 is 0. The molecule has 2 rings (SSSR count). The van der Waals surface area contributed by atoms with Crippen molar-refractivity contribution in [1.82, 2.24) is 9.78 Å². The number of aryl methyl sites for hydroxylation is 1. The SMILES string of the molecule is Cn1nc(-c2cccc(CC(C)(C)F)c2)cc1N. The summed E-state index contributed by atoms with van der Waals surface area (Å²) in [7, 11) is 1.80. The molecule has 2 aromatic rings. The zero-order chi connectivity index (χ0) is 13.3. The monoisotopic (exact) mass is 247 g/mol. The van der Waals surface area contributed by atoms with Gasteiger partial charge in [0.15, 0.2) is 0 Å². The number of nitrogens with two attached hydrogens (primary N) is 1. The molecular weight excluding hydrogens is 229 g/mol. The molecule has 0 aliphatic heterocycles. The first kappa shape index (κ1) is 12.6. The van der Waals surface area contributed by atoms with E-state index in [2.05, 4.69) is 5.10 Å². The van der Waals surface area contributed by atoms with Crippen LogP contribution >= 0.6 is 0 Å². The highest BCUT2D eigenvalue weighted by molar-refractivity contribution is 5.63. The van der Waals surface area contributed by atoms with Crippen molar-refractivity contribution in [2.45, 2.75) is 25.9 Å². The average molecular weight is 247 g/mol. The van der Waals surface area contributed by atoms with Gasteiger partial charge in [0.1, 0.15) is 11.5 Å². The molecule has 96 valence electrons. The topological polar surface area (TPSA) is 43.8 Å². The van der Waals surface area contributed by atoms with Gasteiger partial charge < -0.3 is 5.73 Å². The van der Waals surface area contributed by atoms with Crippen molar-refractivity contribution in [1.29, 1.82) is 0 Å². The lowest BCUT2D eigenvalue weighted by Gasteiger charge is -2.14. The van der Waals surface area contributed by atoms with Crippen LogP contribution in [0.15, 0.2) is 30.3 Å². The van der Waals surface area contributed by atoms with Gasteiger partial charge in [0.2, 0.25) is 0 Å². The minimum absolute atomic E-state index is 0.392. The van der Waals surface area contributed by atoms with Crippen molar-refractivity contribution in [2.75, 3.05) is 5.73 Å². The summed E-state index contributed by atoms with van der Waals surface area (Å²) < 4.78 is 15.3.